The Morgan fingerprint density at radius 3 is 1.50 bits per heavy atom. The highest BCUT2D eigenvalue weighted by Crippen LogP contribution is 2.47. The van der Waals surface area contributed by atoms with Crippen LogP contribution in [0.1, 0.15) is 0 Å². The third kappa shape index (κ3) is 4.37. The lowest BCUT2D eigenvalue weighted by Crippen LogP contribution is -1.96. The van der Waals surface area contributed by atoms with Gasteiger partial charge in [0.25, 0.3) is 0 Å². The molecular formula is C56H34N2. The molecular weight excluding hydrogens is 701 g/mol. The first-order valence-corrected chi connectivity index (χ1v) is 20.1. The molecule has 0 saturated heterocycles. The van der Waals surface area contributed by atoms with E-state index in [-0.39, 0.29) is 0 Å². The molecule has 13 rings (SSSR count). The maximum Gasteiger partial charge on any atom is 0.0619 e. The molecule has 0 bridgehead atoms. The Morgan fingerprint density at radius 1 is 0.241 bits per heavy atom. The lowest BCUT2D eigenvalue weighted by atomic mass is 9.93. The predicted octanol–water partition coefficient (Wildman–Crippen LogP) is 15.2. The summed E-state index contributed by atoms with van der Waals surface area (Å²) < 4.78 is 4.94. The van der Waals surface area contributed by atoms with Gasteiger partial charge in [-0.05, 0) is 92.0 Å². The number of hydrogen-bond donors (Lipinski definition) is 0. The lowest BCUT2D eigenvalue weighted by molar-refractivity contribution is 1.19. The molecule has 0 fully saturated rings. The van der Waals surface area contributed by atoms with Crippen LogP contribution in [0.2, 0.25) is 0 Å². The van der Waals surface area contributed by atoms with Gasteiger partial charge in [0.1, 0.15) is 0 Å². The Labute approximate surface area is 335 Å². The van der Waals surface area contributed by atoms with Crippen LogP contribution in [0.3, 0.4) is 0 Å². The van der Waals surface area contributed by atoms with Gasteiger partial charge in [-0.1, -0.05) is 164 Å². The van der Waals surface area contributed by atoms with Crippen LogP contribution in [-0.4, -0.2) is 9.13 Å². The van der Waals surface area contributed by atoms with Gasteiger partial charge in [-0.3, -0.25) is 0 Å². The van der Waals surface area contributed by atoms with Crippen LogP contribution in [-0.2, 0) is 0 Å². The standard InChI is InChI=1S/C56H34N2/c1-2-13-40-39(12-1)34-55(45-18-6-5-14-41(40)45)57-51-22-9-8-19-46(51)49-32-37(28-30-53(49)57)35-24-26-36(27-25-35)38-29-31-54-50(33-38)48-21-11-20-47-43-16-4-3-15-42(43)44-17-7-10-23-52(44)58(54)56(47)48/h1-34H. The Hall–Kier alpha value is -7.68. The largest absolute Gasteiger partial charge is 0.309 e. The average Bonchev–Trinajstić information content (AvgIpc) is 3.76. The molecule has 1 aliphatic heterocycles. The second-order valence-corrected chi connectivity index (χ2v) is 15.7. The van der Waals surface area contributed by atoms with E-state index in [0.717, 1.165) is 0 Å². The Bertz CT molecular complexity index is 3670. The predicted molar refractivity (Wildman–Crippen MR) is 245 cm³/mol. The Morgan fingerprint density at radius 2 is 0.741 bits per heavy atom. The van der Waals surface area contributed by atoms with Crippen molar-refractivity contribution in [1.82, 2.24) is 9.13 Å². The van der Waals surface area contributed by atoms with Gasteiger partial charge < -0.3 is 9.13 Å². The first-order valence-electron chi connectivity index (χ1n) is 20.1. The smallest absolute Gasteiger partial charge is 0.0619 e. The molecule has 2 heteroatoms. The van der Waals surface area contributed by atoms with Crippen molar-refractivity contribution in [3.8, 4) is 55.9 Å². The number of hydrogen-bond acceptors (Lipinski definition) is 0. The minimum absolute atomic E-state index is 1.21. The number of benzene rings is 10. The van der Waals surface area contributed by atoms with E-state index in [1.165, 1.54) is 121 Å². The van der Waals surface area contributed by atoms with E-state index < -0.39 is 0 Å². The topological polar surface area (TPSA) is 9.86 Å². The molecule has 0 amide bonds. The van der Waals surface area contributed by atoms with Gasteiger partial charge in [0.15, 0.2) is 0 Å². The maximum absolute atomic E-state index is 2.48. The highest BCUT2D eigenvalue weighted by molar-refractivity contribution is 6.18. The fourth-order valence-corrected chi connectivity index (χ4v) is 10.1. The van der Waals surface area contributed by atoms with Crippen molar-refractivity contribution in [2.45, 2.75) is 0 Å². The SMILES string of the molecule is c1ccc2c(c1)-c1ccccc1-n1c3ccc(-c4ccc(-c5ccc6c(c5)c5ccccc5n6-c5cc6ccccc6c6ccccc56)cc4)cc3c3cccc-2c31. The summed E-state index contributed by atoms with van der Waals surface area (Å²) in [5.74, 6) is 0. The lowest BCUT2D eigenvalue weighted by Gasteiger charge is -2.14. The molecule has 10 aromatic carbocycles. The summed E-state index contributed by atoms with van der Waals surface area (Å²) in [6, 6.07) is 76.3. The summed E-state index contributed by atoms with van der Waals surface area (Å²) in [5, 5.41) is 10.1. The average molecular weight is 735 g/mol. The van der Waals surface area contributed by atoms with Crippen LogP contribution in [0.5, 0.6) is 0 Å². The van der Waals surface area contributed by atoms with E-state index in [0.29, 0.717) is 0 Å². The highest BCUT2D eigenvalue weighted by atomic mass is 15.0. The van der Waals surface area contributed by atoms with E-state index in [9.17, 15) is 0 Å². The summed E-state index contributed by atoms with van der Waals surface area (Å²) >= 11 is 0. The normalized spacial score (nSPS) is 12.1. The summed E-state index contributed by atoms with van der Waals surface area (Å²) in [4.78, 5) is 0. The van der Waals surface area contributed by atoms with Gasteiger partial charge in [-0.25, -0.2) is 0 Å². The van der Waals surface area contributed by atoms with E-state index in [1.807, 2.05) is 0 Å². The minimum Gasteiger partial charge on any atom is -0.309 e. The molecule has 0 saturated carbocycles. The molecule has 58 heavy (non-hydrogen) atoms. The third-order valence-electron chi connectivity index (χ3n) is 12.7. The van der Waals surface area contributed by atoms with E-state index in [2.05, 4.69) is 215 Å². The molecule has 1 aliphatic rings. The molecule has 0 unspecified atom stereocenters. The summed E-state index contributed by atoms with van der Waals surface area (Å²) in [5.41, 5.74) is 17.3. The van der Waals surface area contributed by atoms with E-state index in [1.54, 1.807) is 0 Å². The van der Waals surface area contributed by atoms with Crippen LogP contribution in [0.25, 0.3) is 121 Å². The molecule has 2 nitrogen and oxygen atoms in total. The fourth-order valence-electron chi connectivity index (χ4n) is 10.1. The van der Waals surface area contributed by atoms with Crippen molar-refractivity contribution in [1.29, 1.82) is 0 Å². The van der Waals surface area contributed by atoms with Gasteiger partial charge in [0.05, 0.1) is 33.4 Å². The van der Waals surface area contributed by atoms with Crippen molar-refractivity contribution in [2.75, 3.05) is 0 Å². The Balaban J connectivity index is 0.930. The second kappa shape index (κ2) is 11.9. The van der Waals surface area contributed by atoms with Crippen molar-refractivity contribution in [3.05, 3.63) is 206 Å². The fraction of sp³-hybridized carbons (Fsp3) is 0. The monoisotopic (exact) mass is 734 g/mol. The minimum atomic E-state index is 1.21. The zero-order valence-corrected chi connectivity index (χ0v) is 31.5. The van der Waals surface area contributed by atoms with E-state index >= 15 is 0 Å². The summed E-state index contributed by atoms with van der Waals surface area (Å²) in [6.07, 6.45) is 0. The molecule has 268 valence electrons. The molecule has 2 aromatic heterocycles. The van der Waals surface area contributed by atoms with Gasteiger partial charge in [-0.15, -0.1) is 0 Å². The molecule has 0 aliphatic carbocycles. The van der Waals surface area contributed by atoms with Crippen molar-refractivity contribution in [2.24, 2.45) is 0 Å². The second-order valence-electron chi connectivity index (χ2n) is 15.7. The Kier molecular flexibility index (Phi) is 6.47. The van der Waals surface area contributed by atoms with Gasteiger partial charge >= 0.3 is 0 Å². The van der Waals surface area contributed by atoms with Crippen LogP contribution in [0, 0.1) is 0 Å². The number of para-hydroxylation sites is 3. The molecule has 0 atom stereocenters. The van der Waals surface area contributed by atoms with Crippen molar-refractivity contribution >= 4 is 65.2 Å². The first kappa shape index (κ1) is 31.5. The van der Waals surface area contributed by atoms with Gasteiger partial charge in [-0.2, -0.15) is 0 Å². The number of fused-ring (bicyclic) bond motifs is 14. The van der Waals surface area contributed by atoms with Gasteiger partial charge in [0.2, 0.25) is 0 Å². The van der Waals surface area contributed by atoms with Crippen LogP contribution < -0.4 is 0 Å². The number of nitrogens with zero attached hydrogens (tertiary/aromatic N) is 2. The molecule has 0 N–H and O–H groups in total. The molecule has 12 aromatic rings. The molecule has 0 spiro atoms. The maximum atomic E-state index is 2.48. The van der Waals surface area contributed by atoms with Crippen molar-refractivity contribution < 1.29 is 0 Å². The highest BCUT2D eigenvalue weighted by Gasteiger charge is 2.24. The zero-order chi connectivity index (χ0) is 37.9. The first-order chi connectivity index (χ1) is 28.8. The number of rotatable bonds is 3. The zero-order valence-electron chi connectivity index (χ0n) is 31.5. The summed E-state index contributed by atoms with van der Waals surface area (Å²) in [6.45, 7) is 0. The van der Waals surface area contributed by atoms with Gasteiger partial charge in [0, 0.05) is 38.1 Å². The van der Waals surface area contributed by atoms with Crippen molar-refractivity contribution in [3.63, 3.8) is 0 Å². The quantitative estimate of drug-likeness (QED) is 0.160. The molecule has 3 heterocycles. The summed E-state index contributed by atoms with van der Waals surface area (Å²) in [7, 11) is 0. The number of aromatic nitrogens is 2. The third-order valence-corrected chi connectivity index (χ3v) is 12.7. The molecule has 0 radical (unpaired) electrons. The van der Waals surface area contributed by atoms with E-state index in [4.69, 9.17) is 0 Å². The van der Waals surface area contributed by atoms with Crippen LogP contribution in [0.4, 0.5) is 0 Å². The van der Waals surface area contributed by atoms with Crippen LogP contribution in [0.15, 0.2) is 206 Å². The van der Waals surface area contributed by atoms with Crippen LogP contribution >= 0.6 is 0 Å².